The van der Waals surface area contributed by atoms with E-state index in [0.717, 1.165) is 38.9 Å². The van der Waals surface area contributed by atoms with Gasteiger partial charge < -0.3 is 15.5 Å². The zero-order valence-electron chi connectivity index (χ0n) is 18.1. The van der Waals surface area contributed by atoms with Gasteiger partial charge in [-0.25, -0.2) is 4.39 Å². The lowest BCUT2D eigenvalue weighted by molar-refractivity contribution is -0.131. The third kappa shape index (κ3) is 4.03. The molecule has 3 heterocycles. The van der Waals surface area contributed by atoms with Crippen molar-refractivity contribution in [3.05, 3.63) is 83.6 Å². The number of pyridine rings is 1. The minimum Gasteiger partial charge on any atom is -0.384 e. The summed E-state index contributed by atoms with van der Waals surface area (Å²) in [5, 5.41) is 17.9. The smallest absolute Gasteiger partial charge is 0.251 e. The van der Waals surface area contributed by atoms with E-state index in [1.165, 1.54) is 6.07 Å². The molecular formula is C26H22FN5O. The fourth-order valence-electron chi connectivity index (χ4n) is 4.16. The number of nitrogens with one attached hydrogen (secondary N) is 2. The summed E-state index contributed by atoms with van der Waals surface area (Å²) in [6.07, 6.45) is 7.34. The molecule has 33 heavy (non-hydrogen) atoms. The average Bonchev–Trinajstić information content (AvgIpc) is 2.81. The molecule has 164 valence electrons. The van der Waals surface area contributed by atoms with Gasteiger partial charge in [-0.15, -0.1) is 0 Å². The van der Waals surface area contributed by atoms with Crippen LogP contribution < -0.4 is 10.6 Å². The van der Waals surface area contributed by atoms with E-state index in [4.69, 9.17) is 0 Å². The second kappa shape index (κ2) is 8.40. The van der Waals surface area contributed by atoms with Crippen LogP contribution in [0.4, 0.5) is 10.1 Å². The summed E-state index contributed by atoms with van der Waals surface area (Å²) in [7, 11) is 0. The number of amides is 1. The Kier molecular flexibility index (Phi) is 5.27. The van der Waals surface area contributed by atoms with Gasteiger partial charge >= 0.3 is 0 Å². The Labute approximate surface area is 191 Å². The van der Waals surface area contributed by atoms with Gasteiger partial charge in [-0.2, -0.15) is 5.26 Å². The second-order valence-electron chi connectivity index (χ2n) is 8.37. The number of anilines is 1. The maximum atomic E-state index is 13.8. The lowest BCUT2D eigenvalue weighted by Crippen LogP contribution is -2.57. The summed E-state index contributed by atoms with van der Waals surface area (Å²) in [5.41, 5.74) is 4.37. The molecule has 2 aromatic carbocycles. The van der Waals surface area contributed by atoms with Crippen LogP contribution in [0.1, 0.15) is 12.5 Å². The predicted octanol–water partition coefficient (Wildman–Crippen LogP) is 3.97. The summed E-state index contributed by atoms with van der Waals surface area (Å²) in [6, 6.07) is 12.5. The van der Waals surface area contributed by atoms with Crippen LogP contribution in [0.25, 0.3) is 21.9 Å². The lowest BCUT2D eigenvalue weighted by Gasteiger charge is -2.41. The molecule has 2 aliphatic heterocycles. The Morgan fingerprint density at radius 1 is 1.21 bits per heavy atom. The number of hydrogen-bond donors (Lipinski definition) is 2. The molecule has 1 amide bonds. The van der Waals surface area contributed by atoms with E-state index in [1.54, 1.807) is 18.3 Å². The molecule has 3 aromatic rings. The van der Waals surface area contributed by atoms with E-state index in [1.807, 2.05) is 54.4 Å². The molecule has 5 rings (SSSR count). The van der Waals surface area contributed by atoms with Crippen molar-refractivity contribution in [2.24, 2.45) is 0 Å². The first kappa shape index (κ1) is 20.7. The third-order valence-electron chi connectivity index (χ3n) is 6.07. The minimum atomic E-state index is -0.530. The summed E-state index contributed by atoms with van der Waals surface area (Å²) >= 11 is 0. The number of likely N-dealkylation sites (tertiary alicyclic amines) is 1. The van der Waals surface area contributed by atoms with Gasteiger partial charge in [0.15, 0.2) is 0 Å². The highest BCUT2D eigenvalue weighted by Crippen LogP contribution is 2.32. The van der Waals surface area contributed by atoms with Crippen LogP contribution in [0.3, 0.4) is 0 Å². The quantitative estimate of drug-likeness (QED) is 0.643. The van der Waals surface area contributed by atoms with E-state index < -0.39 is 5.82 Å². The molecule has 0 spiro atoms. The van der Waals surface area contributed by atoms with Crippen molar-refractivity contribution in [1.29, 1.82) is 5.26 Å². The molecule has 2 aliphatic rings. The number of nitriles is 1. The highest BCUT2D eigenvalue weighted by molar-refractivity contribution is 5.98. The number of fused-ring (bicyclic) bond motifs is 1. The number of nitrogens with zero attached hydrogens (tertiary/aromatic N) is 3. The molecule has 0 saturated carbocycles. The monoisotopic (exact) mass is 439 g/mol. The van der Waals surface area contributed by atoms with Crippen molar-refractivity contribution in [3.8, 4) is 17.2 Å². The molecule has 0 aliphatic carbocycles. The molecule has 0 bridgehead atoms. The van der Waals surface area contributed by atoms with Gasteiger partial charge in [0.1, 0.15) is 11.9 Å². The van der Waals surface area contributed by atoms with Gasteiger partial charge in [-0.3, -0.25) is 9.78 Å². The highest BCUT2D eigenvalue weighted by atomic mass is 19.1. The predicted molar refractivity (Wildman–Crippen MR) is 126 cm³/mol. The van der Waals surface area contributed by atoms with Crippen LogP contribution in [-0.2, 0) is 4.79 Å². The molecular weight excluding hydrogens is 417 g/mol. The van der Waals surface area contributed by atoms with Gasteiger partial charge in [-0.05, 0) is 59.8 Å². The molecule has 1 fully saturated rings. The third-order valence-corrected chi connectivity index (χ3v) is 6.07. The summed E-state index contributed by atoms with van der Waals surface area (Å²) < 4.78 is 13.8. The van der Waals surface area contributed by atoms with Gasteiger partial charge in [0.25, 0.3) is 5.91 Å². The number of dihydropyridines is 1. The SMILES string of the molecule is CC1=CC=C(C(=O)N2CC(Nc3cc(-c4ccc(F)c(C#N)c4)cc4ccncc34)C2)CN1. The number of allylic oxidation sites excluding steroid dienone is 3. The van der Waals surface area contributed by atoms with Crippen molar-refractivity contribution >= 4 is 22.4 Å². The molecule has 1 aromatic heterocycles. The first-order valence-corrected chi connectivity index (χ1v) is 10.8. The Morgan fingerprint density at radius 2 is 2.06 bits per heavy atom. The van der Waals surface area contributed by atoms with E-state index >= 15 is 0 Å². The fraction of sp³-hybridized carbons (Fsp3) is 0.192. The number of benzene rings is 2. The van der Waals surface area contributed by atoms with Gasteiger partial charge in [0, 0.05) is 54.4 Å². The van der Waals surface area contributed by atoms with E-state index in [9.17, 15) is 14.4 Å². The van der Waals surface area contributed by atoms with Crippen molar-refractivity contribution < 1.29 is 9.18 Å². The maximum absolute atomic E-state index is 13.8. The number of hydrogen-bond acceptors (Lipinski definition) is 5. The van der Waals surface area contributed by atoms with E-state index in [0.29, 0.717) is 19.6 Å². The minimum absolute atomic E-state index is 0.0153. The topological polar surface area (TPSA) is 81.1 Å². The van der Waals surface area contributed by atoms with Crippen LogP contribution in [0.15, 0.2) is 72.2 Å². The first-order chi connectivity index (χ1) is 16.0. The van der Waals surface area contributed by atoms with Gasteiger partial charge in [0.05, 0.1) is 11.6 Å². The number of rotatable bonds is 4. The van der Waals surface area contributed by atoms with Crippen LogP contribution >= 0.6 is 0 Å². The molecule has 0 atom stereocenters. The zero-order valence-corrected chi connectivity index (χ0v) is 18.1. The molecule has 6 nitrogen and oxygen atoms in total. The average molecular weight is 439 g/mol. The fourth-order valence-corrected chi connectivity index (χ4v) is 4.16. The Bertz CT molecular complexity index is 1360. The van der Waals surface area contributed by atoms with Crippen LogP contribution in [0.2, 0.25) is 0 Å². The van der Waals surface area contributed by atoms with Gasteiger partial charge in [0.2, 0.25) is 0 Å². The summed E-state index contributed by atoms with van der Waals surface area (Å²) in [5.74, 6) is -0.474. The standard InChI is InChI=1S/C26H22FN5O/c1-16-2-3-19(12-30-16)26(33)32-14-22(15-32)31-25-10-20(9-18-6-7-29-13-23(18)25)17-4-5-24(27)21(8-17)11-28/h2-10,13,22,30-31H,12,14-15H2,1H3. The molecule has 0 unspecified atom stereocenters. The lowest BCUT2D eigenvalue weighted by atomic mass is 9.98. The van der Waals surface area contributed by atoms with Crippen molar-refractivity contribution in [1.82, 2.24) is 15.2 Å². The Balaban J connectivity index is 1.38. The van der Waals surface area contributed by atoms with Crippen LogP contribution in [0, 0.1) is 17.1 Å². The number of carbonyl (C=O) groups is 1. The normalized spacial score (nSPS) is 15.7. The first-order valence-electron chi connectivity index (χ1n) is 10.8. The molecule has 1 saturated heterocycles. The van der Waals surface area contributed by atoms with Crippen molar-refractivity contribution in [2.45, 2.75) is 13.0 Å². The number of carbonyl (C=O) groups excluding carboxylic acids is 1. The van der Waals surface area contributed by atoms with Gasteiger partial charge in [-0.1, -0.05) is 12.1 Å². The van der Waals surface area contributed by atoms with Crippen LogP contribution in [-0.4, -0.2) is 41.5 Å². The summed E-state index contributed by atoms with van der Waals surface area (Å²) in [4.78, 5) is 18.8. The molecule has 2 N–H and O–H groups in total. The van der Waals surface area contributed by atoms with E-state index in [2.05, 4.69) is 15.6 Å². The zero-order chi connectivity index (χ0) is 22.9. The van der Waals surface area contributed by atoms with Crippen molar-refractivity contribution in [2.75, 3.05) is 25.0 Å². The van der Waals surface area contributed by atoms with E-state index in [-0.39, 0.29) is 17.5 Å². The highest BCUT2D eigenvalue weighted by Gasteiger charge is 2.32. The second-order valence-corrected chi connectivity index (χ2v) is 8.37. The maximum Gasteiger partial charge on any atom is 0.251 e. The number of aromatic nitrogens is 1. The van der Waals surface area contributed by atoms with Crippen LogP contribution in [0.5, 0.6) is 0 Å². The largest absolute Gasteiger partial charge is 0.384 e. The Morgan fingerprint density at radius 3 is 2.82 bits per heavy atom. The summed E-state index contributed by atoms with van der Waals surface area (Å²) in [6.45, 7) is 3.75. The number of halogens is 1. The molecule has 7 heteroatoms. The molecule has 0 radical (unpaired) electrons. The Hall–Kier alpha value is -4.18. The van der Waals surface area contributed by atoms with Crippen molar-refractivity contribution in [3.63, 3.8) is 0 Å².